The summed E-state index contributed by atoms with van der Waals surface area (Å²) >= 11 is 0. The van der Waals surface area contributed by atoms with E-state index in [1.54, 1.807) is 4.68 Å². The minimum Gasteiger partial charge on any atom is -0.384 e. The summed E-state index contributed by atoms with van der Waals surface area (Å²) in [6.07, 6.45) is 1.62. The van der Waals surface area contributed by atoms with Gasteiger partial charge in [0.05, 0.1) is 23.2 Å². The van der Waals surface area contributed by atoms with Gasteiger partial charge in [-0.1, -0.05) is 27.7 Å². The van der Waals surface area contributed by atoms with E-state index in [1.165, 1.54) is 0 Å². The Balaban J connectivity index is 2.45. The second-order valence-electron chi connectivity index (χ2n) is 6.15. The van der Waals surface area contributed by atoms with E-state index >= 15 is 0 Å². The van der Waals surface area contributed by atoms with Crippen molar-refractivity contribution in [1.29, 1.82) is 0 Å². The van der Waals surface area contributed by atoms with Gasteiger partial charge in [0.2, 0.25) is 0 Å². The Labute approximate surface area is 121 Å². The molecule has 0 amide bonds. The van der Waals surface area contributed by atoms with Crippen LogP contribution in [0.1, 0.15) is 69.7 Å². The quantitative estimate of drug-likeness (QED) is 0.926. The zero-order chi connectivity index (χ0) is 15.1. The Hall–Kier alpha value is -1.04. The van der Waals surface area contributed by atoms with E-state index in [4.69, 9.17) is 5.73 Å². The first-order chi connectivity index (χ1) is 9.26. The number of nitrogens with two attached hydrogens (primary N) is 1. The number of hydrogen-bond donors (Lipinski definition) is 1. The van der Waals surface area contributed by atoms with Crippen LogP contribution in [0.4, 0.5) is 5.82 Å². The highest BCUT2D eigenvalue weighted by Crippen LogP contribution is 2.35. The van der Waals surface area contributed by atoms with Gasteiger partial charge in [-0.15, -0.1) is 0 Å². The molecule has 0 aliphatic carbocycles. The summed E-state index contributed by atoms with van der Waals surface area (Å²) in [6, 6.07) is -0.102. The van der Waals surface area contributed by atoms with Crippen LogP contribution in [-0.4, -0.2) is 29.7 Å². The second kappa shape index (κ2) is 5.39. The first kappa shape index (κ1) is 15.4. The number of sulfone groups is 1. The standard InChI is InChI=1S/C14H25N3O2S/c1-5-10(4)13-12(9(2)3)14(15)17(16-13)11-6-7-20(18,19)8-11/h9-11H,5-8,15H2,1-4H3. The topological polar surface area (TPSA) is 78.0 Å². The normalized spacial score (nSPS) is 23.4. The van der Waals surface area contributed by atoms with E-state index in [-0.39, 0.29) is 17.5 Å². The predicted octanol–water partition coefficient (Wildman–Crippen LogP) is 2.46. The van der Waals surface area contributed by atoms with Crippen molar-refractivity contribution in [1.82, 2.24) is 9.78 Å². The fraction of sp³-hybridized carbons (Fsp3) is 0.786. The Morgan fingerprint density at radius 1 is 1.40 bits per heavy atom. The molecule has 6 heteroatoms. The van der Waals surface area contributed by atoms with Gasteiger partial charge in [0, 0.05) is 11.5 Å². The van der Waals surface area contributed by atoms with Crippen molar-refractivity contribution >= 4 is 15.7 Å². The van der Waals surface area contributed by atoms with Crippen LogP contribution < -0.4 is 5.73 Å². The molecule has 1 saturated heterocycles. The maximum atomic E-state index is 11.7. The Morgan fingerprint density at radius 3 is 2.50 bits per heavy atom. The molecule has 5 nitrogen and oxygen atoms in total. The summed E-state index contributed by atoms with van der Waals surface area (Å²) < 4.78 is 25.1. The van der Waals surface area contributed by atoms with Crippen molar-refractivity contribution in [3.05, 3.63) is 11.3 Å². The lowest BCUT2D eigenvalue weighted by Crippen LogP contribution is -2.15. The lowest BCUT2D eigenvalue weighted by atomic mass is 9.94. The van der Waals surface area contributed by atoms with Crippen LogP contribution in [-0.2, 0) is 9.84 Å². The number of hydrogen-bond acceptors (Lipinski definition) is 4. The predicted molar refractivity (Wildman–Crippen MR) is 81.7 cm³/mol. The molecule has 0 radical (unpaired) electrons. The fourth-order valence-corrected chi connectivity index (χ4v) is 4.57. The van der Waals surface area contributed by atoms with Gasteiger partial charge in [-0.05, 0) is 18.8 Å². The Kier molecular flexibility index (Phi) is 4.14. The van der Waals surface area contributed by atoms with Crippen LogP contribution in [0, 0.1) is 0 Å². The van der Waals surface area contributed by atoms with Gasteiger partial charge in [-0.2, -0.15) is 5.10 Å². The van der Waals surface area contributed by atoms with Crippen LogP contribution in [0.2, 0.25) is 0 Å². The van der Waals surface area contributed by atoms with Crippen LogP contribution in [0.15, 0.2) is 0 Å². The zero-order valence-corrected chi connectivity index (χ0v) is 13.6. The summed E-state index contributed by atoms with van der Waals surface area (Å²) in [5.41, 5.74) is 8.39. The Bertz CT molecular complexity index is 590. The molecule has 20 heavy (non-hydrogen) atoms. The van der Waals surface area contributed by atoms with Crippen molar-refractivity contribution in [2.24, 2.45) is 0 Å². The molecule has 1 aromatic rings. The molecule has 1 fully saturated rings. The van der Waals surface area contributed by atoms with Gasteiger partial charge in [-0.25, -0.2) is 13.1 Å². The molecule has 2 atom stereocenters. The molecule has 2 rings (SSSR count). The summed E-state index contributed by atoms with van der Waals surface area (Å²) in [7, 11) is -2.93. The molecule has 0 aromatic carbocycles. The smallest absolute Gasteiger partial charge is 0.152 e. The van der Waals surface area contributed by atoms with Gasteiger partial charge < -0.3 is 5.73 Å². The fourth-order valence-electron chi connectivity index (χ4n) is 2.87. The molecule has 0 saturated carbocycles. The van der Waals surface area contributed by atoms with E-state index in [9.17, 15) is 8.42 Å². The minimum absolute atomic E-state index is 0.102. The summed E-state index contributed by atoms with van der Waals surface area (Å²) in [6.45, 7) is 8.48. The number of aromatic nitrogens is 2. The lowest BCUT2D eigenvalue weighted by molar-refractivity contribution is 0.496. The van der Waals surface area contributed by atoms with Crippen molar-refractivity contribution in [2.75, 3.05) is 17.2 Å². The van der Waals surface area contributed by atoms with Crippen LogP contribution in [0.25, 0.3) is 0 Å². The third-order valence-electron chi connectivity index (χ3n) is 4.22. The molecule has 0 bridgehead atoms. The van der Waals surface area contributed by atoms with Gasteiger partial charge >= 0.3 is 0 Å². The second-order valence-corrected chi connectivity index (χ2v) is 8.38. The molecule has 2 N–H and O–H groups in total. The van der Waals surface area contributed by atoms with Crippen LogP contribution in [0.3, 0.4) is 0 Å². The lowest BCUT2D eigenvalue weighted by Gasteiger charge is -2.12. The average molecular weight is 299 g/mol. The van der Waals surface area contributed by atoms with E-state index in [0.29, 0.717) is 24.1 Å². The molecule has 2 heterocycles. The van der Waals surface area contributed by atoms with E-state index in [1.807, 2.05) is 0 Å². The Morgan fingerprint density at radius 2 is 2.05 bits per heavy atom. The van der Waals surface area contributed by atoms with Crippen LogP contribution >= 0.6 is 0 Å². The van der Waals surface area contributed by atoms with Crippen molar-refractivity contribution in [3.63, 3.8) is 0 Å². The highest BCUT2D eigenvalue weighted by atomic mass is 32.2. The average Bonchev–Trinajstić information content (AvgIpc) is 2.88. The van der Waals surface area contributed by atoms with E-state index < -0.39 is 9.84 Å². The minimum atomic E-state index is -2.93. The number of nitrogen functional groups attached to an aromatic ring is 1. The number of anilines is 1. The molecular formula is C14H25N3O2S. The monoisotopic (exact) mass is 299 g/mol. The van der Waals surface area contributed by atoms with Gasteiger partial charge in [-0.3, -0.25) is 0 Å². The first-order valence-electron chi connectivity index (χ1n) is 7.35. The first-order valence-corrected chi connectivity index (χ1v) is 9.17. The molecular weight excluding hydrogens is 274 g/mol. The third-order valence-corrected chi connectivity index (χ3v) is 5.98. The highest BCUT2D eigenvalue weighted by molar-refractivity contribution is 7.91. The maximum absolute atomic E-state index is 11.7. The molecule has 2 unspecified atom stereocenters. The molecule has 1 aliphatic rings. The summed E-state index contributed by atoms with van der Waals surface area (Å²) in [4.78, 5) is 0. The highest BCUT2D eigenvalue weighted by Gasteiger charge is 2.33. The molecule has 1 aliphatic heterocycles. The van der Waals surface area contributed by atoms with E-state index in [2.05, 4.69) is 32.8 Å². The van der Waals surface area contributed by atoms with Gasteiger partial charge in [0.1, 0.15) is 5.82 Å². The summed E-state index contributed by atoms with van der Waals surface area (Å²) in [5.74, 6) is 1.69. The molecule has 114 valence electrons. The number of nitrogens with zero attached hydrogens (tertiary/aromatic N) is 2. The largest absolute Gasteiger partial charge is 0.384 e. The van der Waals surface area contributed by atoms with Crippen LogP contribution in [0.5, 0.6) is 0 Å². The zero-order valence-electron chi connectivity index (χ0n) is 12.8. The SMILES string of the molecule is CCC(C)c1nn(C2CCS(=O)(=O)C2)c(N)c1C(C)C. The van der Waals surface area contributed by atoms with Crippen molar-refractivity contribution < 1.29 is 8.42 Å². The van der Waals surface area contributed by atoms with Gasteiger partial charge in [0.25, 0.3) is 0 Å². The van der Waals surface area contributed by atoms with E-state index in [0.717, 1.165) is 17.7 Å². The summed E-state index contributed by atoms with van der Waals surface area (Å²) in [5, 5.41) is 4.68. The van der Waals surface area contributed by atoms with Crippen molar-refractivity contribution in [2.45, 2.75) is 58.4 Å². The molecule has 0 spiro atoms. The third kappa shape index (κ3) is 2.71. The van der Waals surface area contributed by atoms with Gasteiger partial charge in [0.15, 0.2) is 9.84 Å². The molecule has 1 aromatic heterocycles. The van der Waals surface area contributed by atoms with Crippen molar-refractivity contribution in [3.8, 4) is 0 Å². The maximum Gasteiger partial charge on any atom is 0.152 e. The number of rotatable bonds is 4.